The van der Waals surface area contributed by atoms with Crippen LogP contribution in [0, 0.1) is 0 Å². The van der Waals surface area contributed by atoms with Crippen LogP contribution in [-0.2, 0) is 0 Å². The van der Waals surface area contributed by atoms with Crippen molar-refractivity contribution in [1.82, 2.24) is 4.57 Å². The van der Waals surface area contributed by atoms with Gasteiger partial charge >= 0.3 is 0 Å². The molecule has 57 heavy (non-hydrogen) atoms. The molecule has 10 aromatic rings. The van der Waals surface area contributed by atoms with E-state index in [-0.39, 0.29) is 0 Å². The molecule has 0 bridgehead atoms. The summed E-state index contributed by atoms with van der Waals surface area (Å²) in [6.07, 6.45) is 0. The Labute approximate surface area is 333 Å². The molecule has 0 spiro atoms. The number of anilines is 6. The van der Waals surface area contributed by atoms with E-state index in [1.54, 1.807) is 0 Å². The Morgan fingerprint density at radius 3 is 1.33 bits per heavy atom. The topological polar surface area (TPSA) is 11.4 Å². The van der Waals surface area contributed by atoms with Crippen LogP contribution in [0.5, 0.6) is 0 Å². The number of nitrogens with zero attached hydrogens (tertiary/aromatic N) is 3. The molecular formula is C54H39N3. The number of benzene rings is 9. The summed E-state index contributed by atoms with van der Waals surface area (Å²) in [5.74, 6) is 0. The molecule has 10 rings (SSSR count). The minimum atomic E-state index is 1.06. The van der Waals surface area contributed by atoms with Crippen molar-refractivity contribution in [3.8, 4) is 27.9 Å². The van der Waals surface area contributed by atoms with Crippen molar-refractivity contribution in [3.63, 3.8) is 0 Å². The fraction of sp³-hybridized carbons (Fsp3) is 0. The van der Waals surface area contributed by atoms with Crippen LogP contribution in [0.15, 0.2) is 237 Å². The van der Waals surface area contributed by atoms with Crippen LogP contribution in [0.1, 0.15) is 0 Å². The fourth-order valence-corrected chi connectivity index (χ4v) is 8.14. The molecule has 1 heterocycles. The summed E-state index contributed by atoms with van der Waals surface area (Å²) in [6.45, 7) is 0. The second-order valence-corrected chi connectivity index (χ2v) is 14.2. The quantitative estimate of drug-likeness (QED) is 0.147. The summed E-state index contributed by atoms with van der Waals surface area (Å²) in [5.41, 5.74) is 14.6. The molecule has 1 aromatic heterocycles. The number of para-hydroxylation sites is 4. The van der Waals surface area contributed by atoms with Crippen molar-refractivity contribution in [1.29, 1.82) is 0 Å². The van der Waals surface area contributed by atoms with Crippen LogP contribution in [0.3, 0.4) is 0 Å². The molecule has 0 N–H and O–H groups in total. The van der Waals surface area contributed by atoms with E-state index in [2.05, 4.69) is 251 Å². The molecule has 0 radical (unpaired) electrons. The first-order chi connectivity index (χ1) is 28.3. The first-order valence-corrected chi connectivity index (χ1v) is 19.4. The summed E-state index contributed by atoms with van der Waals surface area (Å²) in [6, 6.07) is 84.8. The first-order valence-electron chi connectivity index (χ1n) is 19.4. The normalized spacial score (nSPS) is 11.2. The molecule has 0 saturated heterocycles. The zero-order valence-corrected chi connectivity index (χ0v) is 31.4. The number of hydrogen-bond donors (Lipinski definition) is 0. The standard InChI is InChI=1S/C54H39N3/c1-6-19-40(20-7-1)42-33-35-47(36-34-42)57-51-32-17-16-31-50(51)54-52(38-49(39-53(54)57)55(44-24-10-3-11-25-44)45-26-12-4-13-27-45)56(46-28-14-5-15-29-46)48-30-18-23-43(37-48)41-21-8-2-9-22-41/h1-39H. The minimum Gasteiger partial charge on any atom is -0.310 e. The molecule has 0 aliphatic carbocycles. The Morgan fingerprint density at radius 1 is 0.281 bits per heavy atom. The Bertz CT molecular complexity index is 2880. The molecule has 270 valence electrons. The largest absolute Gasteiger partial charge is 0.310 e. The van der Waals surface area contributed by atoms with E-state index in [0.717, 1.165) is 56.4 Å². The predicted octanol–water partition coefficient (Wildman–Crippen LogP) is 15.1. The van der Waals surface area contributed by atoms with E-state index >= 15 is 0 Å². The Morgan fingerprint density at radius 2 is 0.737 bits per heavy atom. The molecule has 3 heteroatoms. The highest BCUT2D eigenvalue weighted by molar-refractivity contribution is 6.18. The van der Waals surface area contributed by atoms with Gasteiger partial charge in [-0.1, -0.05) is 158 Å². The molecule has 0 atom stereocenters. The lowest BCUT2D eigenvalue weighted by Crippen LogP contribution is -2.14. The van der Waals surface area contributed by atoms with Gasteiger partial charge in [0.25, 0.3) is 0 Å². The van der Waals surface area contributed by atoms with Gasteiger partial charge in [-0.05, 0) is 101 Å². The third-order valence-electron chi connectivity index (χ3n) is 10.7. The zero-order chi connectivity index (χ0) is 38.0. The molecular weight excluding hydrogens is 691 g/mol. The van der Waals surface area contributed by atoms with E-state index in [4.69, 9.17) is 0 Å². The highest BCUT2D eigenvalue weighted by Gasteiger charge is 2.25. The lowest BCUT2D eigenvalue weighted by molar-refractivity contribution is 1.17. The van der Waals surface area contributed by atoms with Gasteiger partial charge in [0, 0.05) is 39.2 Å². The second kappa shape index (κ2) is 14.9. The minimum absolute atomic E-state index is 1.06. The first kappa shape index (κ1) is 33.9. The van der Waals surface area contributed by atoms with E-state index in [0.29, 0.717) is 0 Å². The molecule has 0 fully saturated rings. The van der Waals surface area contributed by atoms with Gasteiger partial charge in [0.1, 0.15) is 0 Å². The van der Waals surface area contributed by atoms with Crippen molar-refractivity contribution in [3.05, 3.63) is 237 Å². The smallest absolute Gasteiger partial charge is 0.0583 e. The monoisotopic (exact) mass is 729 g/mol. The Balaban J connectivity index is 1.30. The highest BCUT2D eigenvalue weighted by atomic mass is 15.2. The van der Waals surface area contributed by atoms with Crippen molar-refractivity contribution in [2.24, 2.45) is 0 Å². The molecule has 0 saturated carbocycles. The van der Waals surface area contributed by atoms with Crippen molar-refractivity contribution in [2.45, 2.75) is 0 Å². The van der Waals surface area contributed by atoms with E-state index < -0.39 is 0 Å². The van der Waals surface area contributed by atoms with Crippen molar-refractivity contribution < 1.29 is 0 Å². The summed E-state index contributed by atoms with van der Waals surface area (Å²) >= 11 is 0. The molecule has 0 amide bonds. The van der Waals surface area contributed by atoms with Crippen LogP contribution in [-0.4, -0.2) is 4.57 Å². The third kappa shape index (κ3) is 6.41. The number of hydrogen-bond acceptors (Lipinski definition) is 2. The molecule has 0 aliphatic rings. The van der Waals surface area contributed by atoms with E-state index in [9.17, 15) is 0 Å². The van der Waals surface area contributed by atoms with Gasteiger partial charge in [-0.15, -0.1) is 0 Å². The van der Waals surface area contributed by atoms with Gasteiger partial charge in [-0.3, -0.25) is 0 Å². The molecule has 3 nitrogen and oxygen atoms in total. The van der Waals surface area contributed by atoms with Gasteiger partial charge in [0.15, 0.2) is 0 Å². The molecule has 0 aliphatic heterocycles. The van der Waals surface area contributed by atoms with E-state index in [1.165, 1.54) is 27.5 Å². The number of fused-ring (bicyclic) bond motifs is 3. The number of aromatic nitrogens is 1. The summed E-state index contributed by atoms with van der Waals surface area (Å²) in [7, 11) is 0. The van der Waals surface area contributed by atoms with Crippen LogP contribution in [0.2, 0.25) is 0 Å². The Hall–Kier alpha value is -7.62. The fourth-order valence-electron chi connectivity index (χ4n) is 8.14. The van der Waals surface area contributed by atoms with Gasteiger partial charge in [-0.25, -0.2) is 0 Å². The van der Waals surface area contributed by atoms with Crippen molar-refractivity contribution >= 4 is 55.9 Å². The third-order valence-corrected chi connectivity index (χ3v) is 10.7. The lowest BCUT2D eigenvalue weighted by Gasteiger charge is -2.30. The SMILES string of the molecule is c1ccc(-c2ccc(-n3c4ccccc4c4c(N(c5ccccc5)c5cccc(-c6ccccc6)c5)cc(N(c5ccccc5)c5ccccc5)cc43)cc2)cc1. The average molecular weight is 730 g/mol. The van der Waals surface area contributed by atoms with Gasteiger partial charge in [0.2, 0.25) is 0 Å². The maximum Gasteiger partial charge on any atom is 0.0583 e. The maximum atomic E-state index is 2.43. The van der Waals surface area contributed by atoms with Crippen LogP contribution in [0.25, 0.3) is 49.7 Å². The number of rotatable bonds is 9. The van der Waals surface area contributed by atoms with Gasteiger partial charge < -0.3 is 14.4 Å². The van der Waals surface area contributed by atoms with Gasteiger partial charge in [-0.2, -0.15) is 0 Å². The van der Waals surface area contributed by atoms with E-state index in [1.807, 2.05) is 0 Å². The predicted molar refractivity (Wildman–Crippen MR) is 241 cm³/mol. The summed E-state index contributed by atoms with van der Waals surface area (Å²) in [5, 5.41) is 2.36. The summed E-state index contributed by atoms with van der Waals surface area (Å²) < 4.78 is 2.43. The van der Waals surface area contributed by atoms with Crippen molar-refractivity contribution in [2.75, 3.05) is 9.80 Å². The lowest BCUT2D eigenvalue weighted by atomic mass is 10.0. The maximum absolute atomic E-state index is 2.43. The van der Waals surface area contributed by atoms with Crippen LogP contribution < -0.4 is 9.80 Å². The summed E-state index contributed by atoms with van der Waals surface area (Å²) in [4.78, 5) is 4.80. The average Bonchev–Trinajstić information content (AvgIpc) is 3.63. The Kier molecular flexibility index (Phi) is 8.86. The molecule has 9 aromatic carbocycles. The second-order valence-electron chi connectivity index (χ2n) is 14.2. The van der Waals surface area contributed by atoms with Crippen LogP contribution in [0.4, 0.5) is 34.1 Å². The zero-order valence-electron chi connectivity index (χ0n) is 31.4. The molecule has 0 unspecified atom stereocenters. The highest BCUT2D eigenvalue weighted by Crippen LogP contribution is 2.48. The van der Waals surface area contributed by atoms with Gasteiger partial charge in [0.05, 0.1) is 22.4 Å². The van der Waals surface area contributed by atoms with Crippen LogP contribution >= 0.6 is 0 Å².